The van der Waals surface area contributed by atoms with Crippen molar-refractivity contribution in [2.24, 2.45) is 0 Å². The summed E-state index contributed by atoms with van der Waals surface area (Å²) in [5.74, 6) is 1.41. The fourth-order valence-corrected chi connectivity index (χ4v) is 3.76. The zero-order valence-corrected chi connectivity index (χ0v) is 18.5. The van der Waals surface area contributed by atoms with Gasteiger partial charge in [-0.2, -0.15) is 0 Å². The van der Waals surface area contributed by atoms with Crippen molar-refractivity contribution >= 4 is 27.6 Å². The lowest BCUT2D eigenvalue weighted by Crippen LogP contribution is -1.99. The molecular formula is C27H29N3O. The summed E-state index contributed by atoms with van der Waals surface area (Å²) >= 11 is 0. The van der Waals surface area contributed by atoms with E-state index in [2.05, 4.69) is 85.3 Å². The van der Waals surface area contributed by atoms with Gasteiger partial charge in [-0.15, -0.1) is 0 Å². The second-order valence-corrected chi connectivity index (χ2v) is 8.32. The van der Waals surface area contributed by atoms with Gasteiger partial charge >= 0.3 is 0 Å². The Balaban J connectivity index is 1.46. The van der Waals surface area contributed by atoms with Gasteiger partial charge in [-0.05, 0) is 81.0 Å². The lowest BCUT2D eigenvalue weighted by atomic mass is 10.0. The molecule has 0 atom stereocenters. The minimum absolute atomic E-state index is 0.486. The fourth-order valence-electron chi connectivity index (χ4n) is 3.76. The number of anilines is 1. The first-order valence-corrected chi connectivity index (χ1v) is 10.8. The summed E-state index contributed by atoms with van der Waals surface area (Å²) < 4.78 is 5.81. The van der Waals surface area contributed by atoms with E-state index in [4.69, 9.17) is 10.5 Å². The molecule has 0 spiro atoms. The van der Waals surface area contributed by atoms with Gasteiger partial charge in [-0.25, -0.2) is 4.98 Å². The number of hydrogen-bond acceptors (Lipinski definition) is 4. The van der Waals surface area contributed by atoms with Crippen LogP contribution < -0.4 is 10.5 Å². The van der Waals surface area contributed by atoms with Crippen molar-refractivity contribution in [2.45, 2.75) is 40.0 Å². The molecule has 0 aliphatic heterocycles. The van der Waals surface area contributed by atoms with E-state index < -0.39 is 0 Å². The van der Waals surface area contributed by atoms with Crippen molar-refractivity contribution in [3.8, 4) is 5.75 Å². The number of aryl methyl sites for hydroxylation is 3. The van der Waals surface area contributed by atoms with E-state index in [1.807, 2.05) is 6.20 Å². The SMILES string of the molecule is CC(C)=CCCOc1ccc(CCc2cnc3c(N)nc4cc(C)ccc4c3c2)cc1. The van der Waals surface area contributed by atoms with Gasteiger partial charge in [0.2, 0.25) is 0 Å². The molecular weight excluding hydrogens is 382 g/mol. The van der Waals surface area contributed by atoms with Crippen LogP contribution in [0.1, 0.15) is 37.0 Å². The normalized spacial score (nSPS) is 11.1. The molecule has 0 amide bonds. The van der Waals surface area contributed by atoms with Gasteiger partial charge in [0.05, 0.1) is 12.1 Å². The molecule has 0 radical (unpaired) electrons. The Hall–Kier alpha value is -3.40. The summed E-state index contributed by atoms with van der Waals surface area (Å²) in [5.41, 5.74) is 12.8. The first-order chi connectivity index (χ1) is 15.0. The number of allylic oxidation sites excluding steroid dienone is 1. The van der Waals surface area contributed by atoms with Crippen molar-refractivity contribution in [1.82, 2.24) is 9.97 Å². The second-order valence-electron chi connectivity index (χ2n) is 8.32. The molecule has 0 bridgehead atoms. The van der Waals surface area contributed by atoms with Gasteiger partial charge in [-0.3, -0.25) is 4.98 Å². The number of ether oxygens (including phenoxy) is 1. The summed E-state index contributed by atoms with van der Waals surface area (Å²) in [6, 6.07) is 16.9. The molecule has 4 heteroatoms. The topological polar surface area (TPSA) is 61.0 Å². The van der Waals surface area contributed by atoms with Crippen LogP contribution in [-0.4, -0.2) is 16.6 Å². The molecule has 2 aromatic heterocycles. The Morgan fingerprint density at radius 2 is 1.74 bits per heavy atom. The first-order valence-electron chi connectivity index (χ1n) is 10.8. The molecule has 0 fully saturated rings. The van der Waals surface area contributed by atoms with E-state index in [9.17, 15) is 0 Å². The lowest BCUT2D eigenvalue weighted by molar-refractivity contribution is 0.324. The van der Waals surface area contributed by atoms with Crippen molar-refractivity contribution in [3.05, 3.63) is 83.1 Å². The standard InChI is InChI=1S/C27H29N3O/c1-18(2)5-4-14-31-22-11-9-20(10-12-22)7-8-21-16-24-23-13-6-19(3)15-25(23)30-27(28)26(24)29-17-21/h5-6,9-13,15-17H,4,7-8,14H2,1-3H3,(H2,28,30). The molecule has 2 heterocycles. The fraction of sp³-hybridized carbons (Fsp3) is 0.259. The van der Waals surface area contributed by atoms with E-state index in [1.165, 1.54) is 22.3 Å². The predicted octanol–water partition coefficient (Wildman–Crippen LogP) is 6.19. The number of hydrogen-bond donors (Lipinski definition) is 1. The summed E-state index contributed by atoms with van der Waals surface area (Å²) in [7, 11) is 0. The molecule has 0 unspecified atom stereocenters. The van der Waals surface area contributed by atoms with Crippen LogP contribution in [0.4, 0.5) is 5.82 Å². The minimum Gasteiger partial charge on any atom is -0.493 e. The number of aromatic nitrogens is 2. The van der Waals surface area contributed by atoms with Crippen LogP contribution >= 0.6 is 0 Å². The number of nitrogen functional groups attached to an aromatic ring is 1. The van der Waals surface area contributed by atoms with Gasteiger partial charge in [0.15, 0.2) is 5.82 Å². The van der Waals surface area contributed by atoms with E-state index in [1.54, 1.807) is 0 Å². The molecule has 2 aromatic carbocycles. The van der Waals surface area contributed by atoms with Gasteiger partial charge in [0.1, 0.15) is 11.3 Å². The van der Waals surface area contributed by atoms with Crippen molar-refractivity contribution in [2.75, 3.05) is 12.3 Å². The molecule has 158 valence electrons. The summed E-state index contributed by atoms with van der Waals surface area (Å²) in [6.45, 7) is 6.98. The smallest absolute Gasteiger partial charge is 0.150 e. The summed E-state index contributed by atoms with van der Waals surface area (Å²) in [4.78, 5) is 9.15. The number of fused-ring (bicyclic) bond motifs is 3. The van der Waals surface area contributed by atoms with E-state index in [0.29, 0.717) is 12.4 Å². The average Bonchev–Trinajstić information content (AvgIpc) is 2.75. The van der Waals surface area contributed by atoms with Crippen LogP contribution in [0.5, 0.6) is 5.75 Å². The number of pyridine rings is 2. The Bertz CT molecular complexity index is 1240. The highest BCUT2D eigenvalue weighted by molar-refractivity contribution is 6.08. The average molecular weight is 412 g/mol. The summed E-state index contributed by atoms with van der Waals surface area (Å²) in [6.07, 6.45) is 6.91. The zero-order valence-electron chi connectivity index (χ0n) is 18.5. The van der Waals surface area contributed by atoms with Crippen LogP contribution in [0, 0.1) is 6.92 Å². The Kier molecular flexibility index (Phi) is 6.17. The molecule has 4 aromatic rings. The maximum atomic E-state index is 6.17. The maximum Gasteiger partial charge on any atom is 0.150 e. The number of benzene rings is 2. The predicted molar refractivity (Wildman–Crippen MR) is 130 cm³/mol. The third kappa shape index (κ3) is 5.02. The lowest BCUT2D eigenvalue weighted by Gasteiger charge is -2.09. The highest BCUT2D eigenvalue weighted by atomic mass is 16.5. The molecule has 2 N–H and O–H groups in total. The largest absolute Gasteiger partial charge is 0.493 e. The monoisotopic (exact) mass is 411 g/mol. The second kappa shape index (κ2) is 9.17. The third-order valence-corrected chi connectivity index (χ3v) is 5.44. The van der Waals surface area contributed by atoms with Crippen molar-refractivity contribution in [1.29, 1.82) is 0 Å². The highest BCUT2D eigenvalue weighted by Crippen LogP contribution is 2.28. The Labute approximate surface area is 183 Å². The molecule has 4 nitrogen and oxygen atoms in total. The molecule has 4 rings (SSSR count). The Morgan fingerprint density at radius 3 is 2.52 bits per heavy atom. The molecule has 0 aliphatic carbocycles. The van der Waals surface area contributed by atoms with Crippen molar-refractivity contribution < 1.29 is 4.74 Å². The van der Waals surface area contributed by atoms with Crippen LogP contribution in [0.2, 0.25) is 0 Å². The van der Waals surface area contributed by atoms with E-state index in [-0.39, 0.29) is 0 Å². The third-order valence-electron chi connectivity index (χ3n) is 5.44. The quantitative estimate of drug-likeness (QED) is 0.224. The van der Waals surface area contributed by atoms with Crippen LogP contribution in [0.25, 0.3) is 21.8 Å². The Morgan fingerprint density at radius 1 is 0.968 bits per heavy atom. The zero-order chi connectivity index (χ0) is 21.8. The molecule has 31 heavy (non-hydrogen) atoms. The van der Waals surface area contributed by atoms with Gasteiger partial charge in [0, 0.05) is 17.0 Å². The van der Waals surface area contributed by atoms with Crippen LogP contribution in [-0.2, 0) is 12.8 Å². The van der Waals surface area contributed by atoms with Gasteiger partial charge < -0.3 is 10.5 Å². The number of rotatable bonds is 7. The molecule has 0 saturated heterocycles. The molecule has 0 aliphatic rings. The van der Waals surface area contributed by atoms with Crippen molar-refractivity contribution in [3.63, 3.8) is 0 Å². The number of nitrogens with zero attached hydrogens (tertiary/aromatic N) is 2. The van der Waals surface area contributed by atoms with E-state index >= 15 is 0 Å². The first kappa shape index (κ1) is 20.9. The van der Waals surface area contributed by atoms with Crippen LogP contribution in [0.3, 0.4) is 0 Å². The maximum absolute atomic E-state index is 6.17. The van der Waals surface area contributed by atoms with Crippen LogP contribution in [0.15, 0.2) is 66.4 Å². The van der Waals surface area contributed by atoms with Gasteiger partial charge in [-0.1, -0.05) is 35.9 Å². The molecule has 0 saturated carbocycles. The number of nitrogens with two attached hydrogens (primary N) is 1. The van der Waals surface area contributed by atoms with Gasteiger partial charge in [0.25, 0.3) is 0 Å². The van der Waals surface area contributed by atoms with E-state index in [0.717, 1.165) is 46.8 Å². The minimum atomic E-state index is 0.486. The highest BCUT2D eigenvalue weighted by Gasteiger charge is 2.09. The summed E-state index contributed by atoms with van der Waals surface area (Å²) in [5, 5.41) is 2.17.